The van der Waals surface area contributed by atoms with E-state index in [0.717, 1.165) is 16.0 Å². The lowest BCUT2D eigenvalue weighted by Gasteiger charge is -2.51. The molecule has 14 heteroatoms. The van der Waals surface area contributed by atoms with Crippen LogP contribution in [0.4, 0.5) is 0 Å². The van der Waals surface area contributed by atoms with E-state index < -0.39 is 35.5 Å². The van der Waals surface area contributed by atoms with Gasteiger partial charge in [0.2, 0.25) is 17.6 Å². The van der Waals surface area contributed by atoms with Crippen LogP contribution in [0.1, 0.15) is 34.3 Å². The molecule has 5 aliphatic heterocycles. The first-order valence-electron chi connectivity index (χ1n) is 11.7. The van der Waals surface area contributed by atoms with Gasteiger partial charge in [0, 0.05) is 24.9 Å². The molecule has 1 aromatic carbocycles. The quantitative estimate of drug-likeness (QED) is 0.157. The summed E-state index contributed by atoms with van der Waals surface area (Å²) in [6, 6.07) is 2.24. The number of guanidine groups is 2. The Morgan fingerprint density at radius 3 is 2.67 bits per heavy atom. The summed E-state index contributed by atoms with van der Waals surface area (Å²) >= 11 is 0. The molecule has 1 aromatic rings. The molecule has 14 nitrogen and oxygen atoms in total. The molecule has 0 radical (unpaired) electrons. The molecule has 8 N–H and O–H groups in total. The average Bonchev–Trinajstić information content (AvgIpc) is 3.57. The van der Waals surface area contributed by atoms with Crippen LogP contribution in [-0.2, 0) is 27.5 Å². The van der Waals surface area contributed by atoms with Gasteiger partial charge in [-0.15, -0.1) is 0 Å². The maximum Gasteiger partial charge on any atom is 0.252 e. The number of likely N-dealkylation sites (tertiary alicyclic amines) is 1. The van der Waals surface area contributed by atoms with Crippen LogP contribution in [0, 0.1) is 10.8 Å². The number of nitrogens with zero attached hydrogens (tertiary/aromatic N) is 2. The summed E-state index contributed by atoms with van der Waals surface area (Å²) in [6.45, 7) is 0.401. The molecule has 4 fully saturated rings. The standard InChI is InChI=1S/C22H26N8O6/c23-19-27-17-13(6-29-15(31)4-5-16(29)32)25-20(24)30-7-14(22(34,35)21(17,30)28-19)26-18(33)11-3-1-2-10-8-36-9-12(10)11/h1-3,13-14,17,34-35H,4-9H2,(H2,24,25)(H,26,33)(H3,23,27,28)/t13-,14?,17-,21?/m0/s1. The van der Waals surface area contributed by atoms with Crippen LogP contribution in [0.5, 0.6) is 0 Å². The van der Waals surface area contributed by atoms with E-state index in [9.17, 15) is 24.6 Å². The van der Waals surface area contributed by atoms with Crippen LogP contribution in [0.25, 0.3) is 0 Å². The number of nitrogens with one attached hydrogen (secondary N) is 6. The van der Waals surface area contributed by atoms with Gasteiger partial charge < -0.3 is 41.1 Å². The Kier molecular flexibility index (Phi) is 4.81. The van der Waals surface area contributed by atoms with E-state index in [2.05, 4.69) is 21.3 Å². The van der Waals surface area contributed by atoms with Gasteiger partial charge in [0.05, 0.1) is 31.8 Å². The molecule has 0 bridgehead atoms. The zero-order valence-electron chi connectivity index (χ0n) is 19.1. The third-order valence-corrected chi connectivity index (χ3v) is 7.76. The van der Waals surface area contributed by atoms with Gasteiger partial charge in [0.25, 0.3) is 5.91 Å². The fourth-order valence-electron chi connectivity index (χ4n) is 6.01. The minimum absolute atomic E-state index is 0.0959. The molecular formula is C22H26N8O6. The number of ether oxygens (including phenoxy) is 1. The van der Waals surface area contributed by atoms with Crippen molar-refractivity contribution < 1.29 is 29.3 Å². The predicted octanol–water partition coefficient (Wildman–Crippen LogP) is -2.94. The fourth-order valence-corrected chi connectivity index (χ4v) is 6.01. The van der Waals surface area contributed by atoms with Gasteiger partial charge in [0.1, 0.15) is 6.04 Å². The third kappa shape index (κ3) is 2.98. The molecule has 0 aromatic heterocycles. The molecule has 190 valence electrons. The van der Waals surface area contributed by atoms with Crippen molar-refractivity contribution >= 4 is 29.6 Å². The first kappa shape index (κ1) is 22.7. The van der Waals surface area contributed by atoms with Crippen molar-refractivity contribution in [2.24, 2.45) is 0 Å². The highest BCUT2D eigenvalue weighted by molar-refractivity contribution is 6.02. The number of carbonyl (C=O) groups excluding carboxylic acids is 3. The highest BCUT2D eigenvalue weighted by Crippen LogP contribution is 2.43. The molecule has 2 unspecified atom stereocenters. The molecule has 36 heavy (non-hydrogen) atoms. The van der Waals surface area contributed by atoms with Crippen molar-refractivity contribution in [1.82, 2.24) is 31.1 Å². The second kappa shape index (κ2) is 7.62. The van der Waals surface area contributed by atoms with Gasteiger partial charge in [0.15, 0.2) is 17.6 Å². The van der Waals surface area contributed by atoms with Crippen molar-refractivity contribution in [3.63, 3.8) is 0 Å². The number of fused-ring (bicyclic) bond motifs is 1. The van der Waals surface area contributed by atoms with Gasteiger partial charge >= 0.3 is 0 Å². The topological polar surface area (TPSA) is 203 Å². The Bertz CT molecular complexity index is 1200. The van der Waals surface area contributed by atoms with Crippen LogP contribution in [0.3, 0.4) is 0 Å². The molecule has 4 atom stereocenters. The summed E-state index contributed by atoms with van der Waals surface area (Å²) in [4.78, 5) is 40.1. The number of aliphatic hydroxyl groups is 2. The lowest BCUT2D eigenvalue weighted by Crippen LogP contribution is -2.81. The van der Waals surface area contributed by atoms with Gasteiger partial charge in [-0.1, -0.05) is 12.1 Å². The van der Waals surface area contributed by atoms with Crippen molar-refractivity contribution in [2.45, 2.75) is 55.6 Å². The molecule has 5 heterocycles. The van der Waals surface area contributed by atoms with E-state index in [4.69, 9.17) is 15.6 Å². The highest BCUT2D eigenvalue weighted by Gasteiger charge is 2.74. The number of hydrogen-bond acceptors (Lipinski definition) is 8. The van der Waals surface area contributed by atoms with Crippen molar-refractivity contribution in [1.29, 1.82) is 10.8 Å². The van der Waals surface area contributed by atoms with Crippen molar-refractivity contribution in [3.8, 4) is 0 Å². The van der Waals surface area contributed by atoms with Gasteiger partial charge in [-0.3, -0.25) is 30.1 Å². The van der Waals surface area contributed by atoms with Crippen molar-refractivity contribution in [3.05, 3.63) is 34.9 Å². The minimum Gasteiger partial charge on any atom is -0.372 e. The smallest absolute Gasteiger partial charge is 0.252 e. The maximum absolute atomic E-state index is 13.2. The lowest BCUT2D eigenvalue weighted by molar-refractivity contribution is -0.232. The van der Waals surface area contributed by atoms with Gasteiger partial charge in [-0.2, -0.15) is 0 Å². The summed E-state index contributed by atoms with van der Waals surface area (Å²) < 4.78 is 5.44. The zero-order valence-corrected chi connectivity index (χ0v) is 19.1. The first-order valence-corrected chi connectivity index (χ1v) is 11.7. The monoisotopic (exact) mass is 498 g/mol. The number of imide groups is 1. The molecule has 6 rings (SSSR count). The Morgan fingerprint density at radius 1 is 1.17 bits per heavy atom. The van der Waals surface area contributed by atoms with Crippen LogP contribution >= 0.6 is 0 Å². The van der Waals surface area contributed by atoms with Gasteiger partial charge in [-0.05, 0) is 17.2 Å². The zero-order chi connectivity index (χ0) is 25.4. The number of benzene rings is 1. The number of carbonyl (C=O) groups is 3. The molecule has 4 saturated heterocycles. The maximum atomic E-state index is 13.2. The Labute approximate surface area is 205 Å². The molecule has 5 aliphatic rings. The van der Waals surface area contributed by atoms with E-state index in [1.165, 1.54) is 4.90 Å². The van der Waals surface area contributed by atoms with Crippen LogP contribution in [0.15, 0.2) is 18.2 Å². The van der Waals surface area contributed by atoms with Crippen LogP contribution in [0.2, 0.25) is 0 Å². The summed E-state index contributed by atoms with van der Waals surface area (Å²) in [7, 11) is 0. The normalized spacial score (nSPS) is 32.0. The van der Waals surface area contributed by atoms with E-state index in [1.54, 1.807) is 12.1 Å². The molecule has 0 aliphatic carbocycles. The van der Waals surface area contributed by atoms with Gasteiger partial charge in [-0.25, -0.2) is 0 Å². The number of rotatable bonds is 4. The first-order chi connectivity index (χ1) is 17.1. The molecular weight excluding hydrogens is 472 g/mol. The van der Waals surface area contributed by atoms with E-state index in [0.29, 0.717) is 12.2 Å². The number of hydrogen-bond donors (Lipinski definition) is 8. The van der Waals surface area contributed by atoms with Crippen molar-refractivity contribution in [2.75, 3.05) is 13.1 Å². The Morgan fingerprint density at radius 2 is 1.92 bits per heavy atom. The second-order valence-corrected chi connectivity index (χ2v) is 9.68. The average molecular weight is 499 g/mol. The SMILES string of the molecule is N=C1N[C@H]2[C@H](CN3C(=O)CCC3=O)NC(=N)N3CC(NC(=O)c4cccc5c4COC5)C(O)(O)C23N1. The third-order valence-electron chi connectivity index (χ3n) is 7.76. The summed E-state index contributed by atoms with van der Waals surface area (Å²) in [5.41, 5.74) is 0.171. The minimum atomic E-state index is -2.65. The summed E-state index contributed by atoms with van der Waals surface area (Å²) in [6.07, 6.45) is 0.192. The largest absolute Gasteiger partial charge is 0.372 e. The van der Waals surface area contributed by atoms with Crippen LogP contribution < -0.4 is 21.3 Å². The fraction of sp³-hybridized carbons (Fsp3) is 0.500. The molecule has 3 amide bonds. The van der Waals surface area contributed by atoms with E-state index in [-0.39, 0.29) is 56.3 Å². The molecule has 1 spiro atoms. The van der Waals surface area contributed by atoms with E-state index in [1.807, 2.05) is 6.07 Å². The second-order valence-electron chi connectivity index (χ2n) is 9.68. The van der Waals surface area contributed by atoms with E-state index >= 15 is 0 Å². The lowest BCUT2D eigenvalue weighted by atomic mass is 9.84. The summed E-state index contributed by atoms with van der Waals surface area (Å²) in [5.74, 6) is -4.28. The molecule has 0 saturated carbocycles. The Hall–Kier alpha value is -3.75. The Balaban J connectivity index is 1.31. The highest BCUT2D eigenvalue weighted by atomic mass is 16.5. The summed E-state index contributed by atoms with van der Waals surface area (Å²) in [5, 5.41) is 51.1. The predicted molar refractivity (Wildman–Crippen MR) is 121 cm³/mol. The van der Waals surface area contributed by atoms with Crippen LogP contribution in [-0.4, -0.2) is 92.3 Å². The number of amides is 3.